The molecule has 3 aliphatic rings. The first kappa shape index (κ1) is 24.4. The number of nitrogens with zero attached hydrogens (tertiary/aromatic N) is 3. The summed E-state index contributed by atoms with van der Waals surface area (Å²) in [7, 11) is -1.94. The second-order valence-electron chi connectivity index (χ2n) is 9.10. The van der Waals surface area contributed by atoms with Crippen molar-refractivity contribution in [2.45, 2.75) is 18.9 Å². The number of aromatic nitrogens is 1. The highest BCUT2D eigenvalue weighted by atomic mass is 35.5. The van der Waals surface area contributed by atoms with E-state index in [1.165, 1.54) is 47.2 Å². The van der Waals surface area contributed by atoms with E-state index in [1.807, 2.05) is 5.38 Å². The fraction of sp³-hybridized carbons (Fsp3) is 0.435. The third kappa shape index (κ3) is 4.62. The molecule has 1 aromatic carbocycles. The first-order valence-electron chi connectivity index (χ1n) is 11.1. The molecule has 2 aliphatic heterocycles. The molecule has 12 heteroatoms. The zero-order chi connectivity index (χ0) is 24.9. The number of amidine groups is 1. The minimum absolute atomic E-state index is 0.0343. The minimum Gasteiger partial charge on any atom is -0.466 e. The van der Waals surface area contributed by atoms with Crippen LogP contribution in [0.15, 0.2) is 46.0 Å². The van der Waals surface area contributed by atoms with Crippen molar-refractivity contribution in [2.24, 2.45) is 22.7 Å². The fourth-order valence-corrected chi connectivity index (χ4v) is 7.17. The van der Waals surface area contributed by atoms with E-state index >= 15 is 0 Å². The molecule has 2 aromatic rings. The van der Waals surface area contributed by atoms with Crippen molar-refractivity contribution in [2.75, 3.05) is 26.5 Å². The predicted molar refractivity (Wildman–Crippen MR) is 131 cm³/mol. The van der Waals surface area contributed by atoms with Gasteiger partial charge in [-0.1, -0.05) is 17.7 Å². The van der Waals surface area contributed by atoms with Crippen LogP contribution >= 0.6 is 22.9 Å². The second-order valence-corrected chi connectivity index (χ2v) is 12.4. The van der Waals surface area contributed by atoms with E-state index in [0.29, 0.717) is 53.6 Å². The normalized spacial score (nSPS) is 26.9. The van der Waals surface area contributed by atoms with Gasteiger partial charge in [-0.15, -0.1) is 11.3 Å². The molecule has 0 radical (unpaired) electrons. The number of methoxy groups -OCH3 is 1. The van der Waals surface area contributed by atoms with Gasteiger partial charge in [-0.25, -0.2) is 26.9 Å². The molecular formula is C23H24ClFN4O4S2. The maximum absolute atomic E-state index is 13.8. The number of nitrogens with one attached hydrogen (secondary N) is 1. The first-order chi connectivity index (χ1) is 16.7. The molecule has 3 heterocycles. The summed E-state index contributed by atoms with van der Waals surface area (Å²) in [4.78, 5) is 22.3. The van der Waals surface area contributed by atoms with Crippen LogP contribution in [-0.2, 0) is 19.6 Å². The smallest absolute Gasteiger partial charge is 0.338 e. The Morgan fingerprint density at radius 2 is 2.00 bits per heavy atom. The van der Waals surface area contributed by atoms with Crippen LogP contribution in [0.2, 0.25) is 5.02 Å². The van der Waals surface area contributed by atoms with Crippen LogP contribution in [0.5, 0.6) is 0 Å². The average molecular weight is 539 g/mol. The number of fused-ring (bicyclic) bond motifs is 1. The van der Waals surface area contributed by atoms with Gasteiger partial charge in [0, 0.05) is 46.9 Å². The zero-order valence-corrected chi connectivity index (χ0v) is 21.5. The summed E-state index contributed by atoms with van der Waals surface area (Å²) in [6.07, 6.45) is 4.34. The van der Waals surface area contributed by atoms with Gasteiger partial charge in [0.05, 0.1) is 18.9 Å². The van der Waals surface area contributed by atoms with Gasteiger partial charge >= 0.3 is 5.97 Å². The van der Waals surface area contributed by atoms with Crippen molar-refractivity contribution >= 4 is 44.8 Å². The standard InChI is InChI=1S/C23H24ClFN4O4S2/c1-33-23(30)18-19(12-7-13-10-29(35(2,31)32)11-14(13)8-12)27-21(22-26-5-6-34-22)28-20(18)16-4-3-15(25)9-17(16)24/h3-6,9,12-14,20H,7-8,10-11H2,1-2H3,(H,27,28)/t12-,13+,14-,20?. The molecule has 0 spiro atoms. The molecule has 1 unspecified atom stereocenters. The van der Waals surface area contributed by atoms with Crippen molar-refractivity contribution in [3.8, 4) is 0 Å². The zero-order valence-electron chi connectivity index (χ0n) is 19.1. The van der Waals surface area contributed by atoms with E-state index in [0.717, 1.165) is 0 Å². The molecule has 1 saturated heterocycles. The van der Waals surface area contributed by atoms with Crippen LogP contribution in [0.25, 0.3) is 0 Å². The van der Waals surface area contributed by atoms with E-state index in [-0.39, 0.29) is 22.8 Å². The number of halogens is 2. The van der Waals surface area contributed by atoms with Crippen LogP contribution < -0.4 is 5.32 Å². The maximum Gasteiger partial charge on any atom is 0.338 e. The molecule has 186 valence electrons. The number of hydrogen-bond acceptors (Lipinski definition) is 8. The van der Waals surface area contributed by atoms with Crippen molar-refractivity contribution < 1.29 is 22.3 Å². The molecule has 2 fully saturated rings. The predicted octanol–water partition coefficient (Wildman–Crippen LogP) is 3.37. The molecule has 1 aliphatic carbocycles. The second kappa shape index (κ2) is 9.27. The highest BCUT2D eigenvalue weighted by Crippen LogP contribution is 2.47. The summed E-state index contributed by atoms with van der Waals surface area (Å²) in [6.45, 7) is 0.947. The molecule has 4 atom stereocenters. The topological polar surface area (TPSA) is 101 Å². The Morgan fingerprint density at radius 3 is 2.57 bits per heavy atom. The van der Waals surface area contributed by atoms with Gasteiger partial charge in [0.2, 0.25) is 10.0 Å². The number of esters is 1. The lowest BCUT2D eigenvalue weighted by molar-refractivity contribution is -0.136. The molecule has 0 bridgehead atoms. The fourth-order valence-electron chi connectivity index (χ4n) is 5.38. The molecule has 35 heavy (non-hydrogen) atoms. The highest BCUT2D eigenvalue weighted by Gasteiger charge is 2.47. The van der Waals surface area contributed by atoms with E-state index in [4.69, 9.17) is 21.3 Å². The molecule has 5 rings (SSSR count). The number of benzene rings is 1. The number of thiazole rings is 1. The van der Waals surface area contributed by atoms with Crippen molar-refractivity contribution in [3.05, 3.63) is 62.5 Å². The number of aliphatic imine (C=N–C) groups is 1. The third-order valence-corrected chi connectivity index (χ3v) is 9.31. The Bertz CT molecular complexity index is 1310. The summed E-state index contributed by atoms with van der Waals surface area (Å²) < 4.78 is 44.6. The van der Waals surface area contributed by atoms with Crippen LogP contribution in [-0.4, -0.2) is 56.0 Å². The van der Waals surface area contributed by atoms with E-state index < -0.39 is 27.9 Å². The maximum atomic E-state index is 13.8. The number of sulfonamides is 1. The van der Waals surface area contributed by atoms with Gasteiger partial charge < -0.3 is 10.1 Å². The van der Waals surface area contributed by atoms with Gasteiger partial charge in [-0.05, 0) is 36.8 Å². The lowest BCUT2D eigenvalue weighted by Crippen LogP contribution is -2.37. The quantitative estimate of drug-likeness (QED) is 0.586. The van der Waals surface area contributed by atoms with E-state index in [2.05, 4.69) is 10.3 Å². The Kier molecular flexibility index (Phi) is 6.45. The number of carbonyl (C=O) groups is 1. The first-order valence-corrected chi connectivity index (χ1v) is 14.2. The Morgan fingerprint density at radius 1 is 1.29 bits per heavy atom. The molecule has 1 N–H and O–H groups in total. The minimum atomic E-state index is -3.25. The summed E-state index contributed by atoms with van der Waals surface area (Å²) in [6, 6.07) is 3.21. The third-order valence-electron chi connectivity index (χ3n) is 6.97. The summed E-state index contributed by atoms with van der Waals surface area (Å²) in [5, 5.41) is 5.99. The molecule has 8 nitrogen and oxygen atoms in total. The van der Waals surface area contributed by atoms with Gasteiger partial charge in [0.25, 0.3) is 0 Å². The number of carbonyl (C=O) groups excluding carboxylic acids is 1. The van der Waals surface area contributed by atoms with Gasteiger partial charge in [-0.3, -0.25) is 4.99 Å². The van der Waals surface area contributed by atoms with Gasteiger partial charge in [0.1, 0.15) is 11.9 Å². The number of allylic oxidation sites excluding steroid dienone is 1. The van der Waals surface area contributed by atoms with Gasteiger partial charge in [-0.2, -0.15) is 0 Å². The van der Waals surface area contributed by atoms with Crippen LogP contribution in [0, 0.1) is 23.6 Å². The van der Waals surface area contributed by atoms with E-state index in [1.54, 1.807) is 6.20 Å². The van der Waals surface area contributed by atoms with Crippen LogP contribution in [0.1, 0.15) is 29.5 Å². The van der Waals surface area contributed by atoms with Crippen LogP contribution in [0.4, 0.5) is 4.39 Å². The van der Waals surface area contributed by atoms with E-state index in [9.17, 15) is 17.6 Å². The summed E-state index contributed by atoms with van der Waals surface area (Å²) in [5.41, 5.74) is 1.50. The molecule has 1 aromatic heterocycles. The van der Waals surface area contributed by atoms with Crippen LogP contribution in [0.3, 0.4) is 0 Å². The molecule has 1 saturated carbocycles. The lowest BCUT2D eigenvalue weighted by atomic mass is 9.89. The number of ether oxygens (including phenoxy) is 1. The Balaban J connectivity index is 1.57. The van der Waals surface area contributed by atoms with Crippen molar-refractivity contribution in [1.29, 1.82) is 0 Å². The lowest BCUT2D eigenvalue weighted by Gasteiger charge is -2.30. The molecule has 0 amide bonds. The average Bonchev–Trinajstić information content (AvgIpc) is 3.54. The SMILES string of the molecule is COC(=O)C1=C([C@H]2C[C@@H]3CN(S(C)(=O)=O)C[C@@H]3C2)NC(c2nccs2)=NC1c1ccc(F)cc1Cl. The summed E-state index contributed by atoms with van der Waals surface area (Å²) >= 11 is 7.82. The summed E-state index contributed by atoms with van der Waals surface area (Å²) in [5.74, 6) is -0.180. The number of rotatable bonds is 5. The number of hydrogen-bond donors (Lipinski definition) is 1. The molecular weight excluding hydrogens is 515 g/mol. The largest absolute Gasteiger partial charge is 0.466 e. The van der Waals surface area contributed by atoms with Gasteiger partial charge in [0.15, 0.2) is 10.8 Å². The Hall–Kier alpha value is -2.34. The van der Waals surface area contributed by atoms with Crippen molar-refractivity contribution in [1.82, 2.24) is 14.6 Å². The Labute approximate surface area is 211 Å². The monoisotopic (exact) mass is 538 g/mol. The van der Waals surface area contributed by atoms with Crippen molar-refractivity contribution in [3.63, 3.8) is 0 Å². The highest BCUT2D eigenvalue weighted by molar-refractivity contribution is 7.88.